The van der Waals surface area contributed by atoms with Crippen molar-refractivity contribution >= 4 is 35.8 Å². The molecule has 0 aliphatic carbocycles. The fraction of sp³-hybridized carbons (Fsp3) is 0.385. The Labute approximate surface area is 148 Å². The molecule has 0 spiro atoms. The Morgan fingerprint density at radius 3 is 2.35 bits per heavy atom. The predicted molar refractivity (Wildman–Crippen MR) is 90.6 cm³/mol. The molecule has 0 atom stereocenters. The van der Waals surface area contributed by atoms with Crippen LogP contribution in [0.15, 0.2) is 29.3 Å². The molecule has 0 radical (unpaired) electrons. The Bertz CT molecular complexity index is 533. The first-order valence-corrected chi connectivity index (χ1v) is 6.26. The fourth-order valence-corrected chi connectivity index (χ4v) is 1.35. The van der Waals surface area contributed by atoms with E-state index in [-0.39, 0.29) is 54.7 Å². The number of nitrogens with one attached hydrogen (secondary N) is 1. The molecule has 0 heterocycles. The minimum absolute atomic E-state index is 0. The number of carbonyl (C=O) groups excluding carboxylic acids is 1. The summed E-state index contributed by atoms with van der Waals surface area (Å²) in [5.74, 6) is -0.388. The van der Waals surface area contributed by atoms with E-state index >= 15 is 0 Å². The number of ether oxygens (including phenoxy) is 1. The molecular formula is C13H18F3IN4O2. The number of alkyl halides is 3. The van der Waals surface area contributed by atoms with Crippen molar-refractivity contribution in [1.29, 1.82) is 0 Å². The van der Waals surface area contributed by atoms with Crippen molar-refractivity contribution in [2.75, 3.05) is 20.6 Å². The summed E-state index contributed by atoms with van der Waals surface area (Å²) < 4.78 is 39.8. The minimum atomic E-state index is -4.72. The second-order valence-corrected chi connectivity index (χ2v) is 4.53. The van der Waals surface area contributed by atoms with Crippen LogP contribution in [-0.2, 0) is 11.3 Å². The van der Waals surface area contributed by atoms with Crippen LogP contribution in [0.2, 0.25) is 0 Å². The highest BCUT2D eigenvalue weighted by atomic mass is 127. The Morgan fingerprint density at radius 1 is 1.30 bits per heavy atom. The van der Waals surface area contributed by atoms with Crippen LogP contribution in [0.4, 0.5) is 13.2 Å². The van der Waals surface area contributed by atoms with Crippen LogP contribution in [0.5, 0.6) is 5.75 Å². The minimum Gasteiger partial charge on any atom is -0.406 e. The SMILES string of the molecule is CN(C)C(=O)CNC(N)=NCc1ccc(OC(F)(F)F)cc1.I. The molecule has 1 rings (SSSR count). The van der Waals surface area contributed by atoms with Crippen LogP contribution in [0.25, 0.3) is 0 Å². The maximum Gasteiger partial charge on any atom is 0.573 e. The smallest absolute Gasteiger partial charge is 0.406 e. The summed E-state index contributed by atoms with van der Waals surface area (Å²) in [4.78, 5) is 16.7. The molecule has 10 heteroatoms. The number of hydrogen-bond donors (Lipinski definition) is 2. The number of likely N-dealkylation sites (N-methyl/N-ethyl adjacent to an activating group) is 1. The zero-order valence-electron chi connectivity index (χ0n) is 12.6. The van der Waals surface area contributed by atoms with E-state index in [4.69, 9.17) is 5.73 Å². The first-order valence-electron chi connectivity index (χ1n) is 6.26. The van der Waals surface area contributed by atoms with Crippen LogP contribution < -0.4 is 15.8 Å². The van der Waals surface area contributed by atoms with Gasteiger partial charge in [0, 0.05) is 14.1 Å². The molecule has 23 heavy (non-hydrogen) atoms. The molecule has 6 nitrogen and oxygen atoms in total. The molecule has 0 fully saturated rings. The van der Waals surface area contributed by atoms with E-state index in [1.807, 2.05) is 0 Å². The van der Waals surface area contributed by atoms with Crippen LogP contribution in [0.1, 0.15) is 5.56 Å². The van der Waals surface area contributed by atoms with Gasteiger partial charge >= 0.3 is 6.36 Å². The Kier molecular flexibility index (Phi) is 8.72. The third-order valence-electron chi connectivity index (χ3n) is 2.51. The lowest BCUT2D eigenvalue weighted by molar-refractivity contribution is -0.274. The van der Waals surface area contributed by atoms with Crippen molar-refractivity contribution in [1.82, 2.24) is 10.2 Å². The third kappa shape index (κ3) is 9.11. The van der Waals surface area contributed by atoms with E-state index in [9.17, 15) is 18.0 Å². The summed E-state index contributed by atoms with van der Waals surface area (Å²) in [6.45, 7) is 0.183. The van der Waals surface area contributed by atoms with Crippen molar-refractivity contribution in [3.05, 3.63) is 29.8 Å². The average molecular weight is 446 g/mol. The van der Waals surface area contributed by atoms with Crippen molar-refractivity contribution in [2.45, 2.75) is 12.9 Å². The number of guanidine groups is 1. The second kappa shape index (κ2) is 9.43. The summed E-state index contributed by atoms with van der Waals surface area (Å²) >= 11 is 0. The number of aliphatic imine (C=N–C) groups is 1. The predicted octanol–water partition coefficient (Wildman–Crippen LogP) is 1.70. The van der Waals surface area contributed by atoms with Gasteiger partial charge in [-0.05, 0) is 17.7 Å². The molecule has 0 aromatic heterocycles. The van der Waals surface area contributed by atoms with Gasteiger partial charge in [0.15, 0.2) is 5.96 Å². The molecule has 1 aromatic rings. The monoisotopic (exact) mass is 446 g/mol. The lowest BCUT2D eigenvalue weighted by atomic mass is 10.2. The number of halogens is 4. The van der Waals surface area contributed by atoms with Gasteiger partial charge in [-0.3, -0.25) is 4.79 Å². The van der Waals surface area contributed by atoms with Crippen LogP contribution in [-0.4, -0.2) is 43.8 Å². The van der Waals surface area contributed by atoms with Gasteiger partial charge in [0.25, 0.3) is 0 Å². The molecule has 0 aliphatic rings. The number of nitrogens with two attached hydrogens (primary N) is 1. The summed E-state index contributed by atoms with van der Waals surface area (Å²) in [7, 11) is 3.23. The fourth-order valence-electron chi connectivity index (χ4n) is 1.35. The second-order valence-electron chi connectivity index (χ2n) is 4.53. The zero-order chi connectivity index (χ0) is 16.8. The molecule has 130 valence electrons. The van der Waals surface area contributed by atoms with Crippen molar-refractivity contribution in [3.63, 3.8) is 0 Å². The number of benzene rings is 1. The van der Waals surface area contributed by atoms with Crippen molar-refractivity contribution in [3.8, 4) is 5.75 Å². The van der Waals surface area contributed by atoms with Crippen molar-refractivity contribution in [2.24, 2.45) is 10.7 Å². The van der Waals surface area contributed by atoms with E-state index in [0.717, 1.165) is 0 Å². The van der Waals surface area contributed by atoms with E-state index in [2.05, 4.69) is 15.0 Å². The van der Waals surface area contributed by atoms with E-state index in [0.29, 0.717) is 5.56 Å². The zero-order valence-corrected chi connectivity index (χ0v) is 14.9. The van der Waals surface area contributed by atoms with Gasteiger partial charge in [-0.2, -0.15) is 0 Å². The van der Waals surface area contributed by atoms with Crippen molar-refractivity contribution < 1.29 is 22.7 Å². The average Bonchev–Trinajstić information content (AvgIpc) is 2.42. The highest BCUT2D eigenvalue weighted by molar-refractivity contribution is 14.0. The normalized spacial score (nSPS) is 11.4. The summed E-state index contributed by atoms with van der Waals surface area (Å²) in [6, 6.07) is 5.28. The van der Waals surface area contributed by atoms with Gasteiger partial charge in [-0.25, -0.2) is 4.99 Å². The molecular weight excluding hydrogens is 428 g/mol. The first kappa shape index (κ1) is 21.3. The molecule has 0 unspecified atom stereocenters. The van der Waals surface area contributed by atoms with Crippen LogP contribution in [0, 0.1) is 0 Å². The largest absolute Gasteiger partial charge is 0.573 e. The quantitative estimate of drug-likeness (QED) is 0.410. The van der Waals surface area contributed by atoms with E-state index < -0.39 is 6.36 Å². The highest BCUT2D eigenvalue weighted by Crippen LogP contribution is 2.22. The first-order chi connectivity index (χ1) is 10.2. The van der Waals surface area contributed by atoms with Crippen LogP contribution >= 0.6 is 24.0 Å². The number of nitrogens with zero attached hydrogens (tertiary/aromatic N) is 2. The van der Waals surface area contributed by atoms with Crippen LogP contribution in [0.3, 0.4) is 0 Å². The summed E-state index contributed by atoms with van der Waals surface area (Å²) in [5, 5.41) is 2.64. The Morgan fingerprint density at radius 2 is 1.87 bits per heavy atom. The van der Waals surface area contributed by atoms with Gasteiger partial charge < -0.3 is 20.7 Å². The van der Waals surface area contributed by atoms with E-state index in [1.54, 1.807) is 14.1 Å². The van der Waals surface area contributed by atoms with E-state index in [1.165, 1.54) is 29.2 Å². The highest BCUT2D eigenvalue weighted by Gasteiger charge is 2.30. The van der Waals surface area contributed by atoms with Gasteiger partial charge in [0.2, 0.25) is 5.91 Å². The molecule has 0 saturated carbocycles. The third-order valence-corrected chi connectivity index (χ3v) is 2.51. The number of amides is 1. The maximum atomic E-state index is 12.0. The summed E-state index contributed by atoms with van der Waals surface area (Å²) in [6.07, 6.45) is -4.72. The van der Waals surface area contributed by atoms with Gasteiger partial charge in [0.05, 0.1) is 13.1 Å². The van der Waals surface area contributed by atoms with Gasteiger partial charge in [0.1, 0.15) is 5.75 Å². The number of rotatable bonds is 5. The lowest BCUT2D eigenvalue weighted by Gasteiger charge is -2.11. The number of hydrogen-bond acceptors (Lipinski definition) is 3. The van der Waals surface area contributed by atoms with Gasteiger partial charge in [-0.15, -0.1) is 37.1 Å². The topological polar surface area (TPSA) is 80.0 Å². The molecule has 1 amide bonds. The number of carbonyl (C=O) groups is 1. The summed E-state index contributed by atoms with van der Waals surface area (Å²) in [5.41, 5.74) is 6.23. The van der Waals surface area contributed by atoms with Gasteiger partial charge in [-0.1, -0.05) is 12.1 Å². The Balaban J connectivity index is 0.00000484. The molecule has 0 bridgehead atoms. The lowest BCUT2D eigenvalue weighted by Crippen LogP contribution is -2.40. The maximum absolute atomic E-state index is 12.0. The molecule has 0 aliphatic heterocycles. The molecule has 3 N–H and O–H groups in total. The molecule has 0 saturated heterocycles. The standard InChI is InChI=1S/C13H17F3N4O2.HI/c1-20(2)11(21)8-19-12(17)18-7-9-3-5-10(6-4-9)22-13(14,15)16;/h3-6H,7-8H2,1-2H3,(H3,17,18,19);1H. The Hall–Kier alpha value is -1.72. The molecule has 1 aromatic carbocycles.